The van der Waals surface area contributed by atoms with Gasteiger partial charge in [0.1, 0.15) is 0 Å². The molecule has 0 aliphatic heterocycles. The Hall–Kier alpha value is -1.87. The van der Waals surface area contributed by atoms with Crippen molar-refractivity contribution in [1.82, 2.24) is 5.32 Å². The van der Waals surface area contributed by atoms with Gasteiger partial charge in [-0.15, -0.1) is 0 Å². The lowest BCUT2D eigenvalue weighted by Crippen LogP contribution is -2.20. The van der Waals surface area contributed by atoms with Crippen LogP contribution in [0, 0.1) is 12.8 Å². The van der Waals surface area contributed by atoms with E-state index in [1.54, 1.807) is 6.92 Å². The maximum Gasteiger partial charge on any atom is 0.306 e. The molecule has 0 aliphatic rings. The first-order valence-electron chi connectivity index (χ1n) is 11.4. The smallest absolute Gasteiger partial charge is 0.306 e. The van der Waals surface area contributed by atoms with Gasteiger partial charge in [0, 0.05) is 6.54 Å². The fraction of sp³-hybridized carbons (Fsp3) is 0.577. The van der Waals surface area contributed by atoms with E-state index in [1.807, 2.05) is 0 Å². The zero-order valence-corrected chi connectivity index (χ0v) is 19.0. The van der Waals surface area contributed by atoms with E-state index in [1.165, 1.54) is 66.8 Å². The normalized spacial score (nSPS) is 11.7. The SMILES string of the molecule is CCCCCCCCC.Cc1ccc(CNCCC(C)C(=O)O)c2ccccc12. The van der Waals surface area contributed by atoms with Crippen LogP contribution in [0.25, 0.3) is 10.8 Å². The maximum absolute atomic E-state index is 10.7. The Kier molecular flexibility index (Phi) is 13.0. The third-order valence-corrected chi connectivity index (χ3v) is 5.43. The summed E-state index contributed by atoms with van der Waals surface area (Å²) in [6, 6.07) is 12.7. The van der Waals surface area contributed by atoms with Gasteiger partial charge in [-0.2, -0.15) is 0 Å². The van der Waals surface area contributed by atoms with Gasteiger partial charge in [-0.25, -0.2) is 0 Å². The summed E-state index contributed by atoms with van der Waals surface area (Å²) in [7, 11) is 0. The number of aryl methyl sites for hydroxylation is 1. The Bertz CT molecular complexity index is 705. The van der Waals surface area contributed by atoms with E-state index < -0.39 is 5.97 Å². The van der Waals surface area contributed by atoms with E-state index >= 15 is 0 Å². The standard InChI is InChI=1S/C17H21NO2.C9H20/c1-12-7-8-14(16-6-4-3-5-15(12)16)11-18-10-9-13(2)17(19)20;1-3-5-7-9-8-6-4-2/h3-8,13,18H,9-11H2,1-2H3,(H,19,20);3-9H2,1-2H3. The topological polar surface area (TPSA) is 49.3 Å². The average molecular weight is 400 g/mol. The molecule has 0 fully saturated rings. The summed E-state index contributed by atoms with van der Waals surface area (Å²) < 4.78 is 0. The highest BCUT2D eigenvalue weighted by atomic mass is 16.4. The second-order valence-corrected chi connectivity index (χ2v) is 8.06. The van der Waals surface area contributed by atoms with Crippen LogP contribution in [0.2, 0.25) is 0 Å². The van der Waals surface area contributed by atoms with Crippen LogP contribution in [-0.2, 0) is 11.3 Å². The van der Waals surface area contributed by atoms with Gasteiger partial charge in [-0.3, -0.25) is 4.79 Å². The van der Waals surface area contributed by atoms with Crippen molar-refractivity contribution >= 4 is 16.7 Å². The molecule has 0 saturated carbocycles. The summed E-state index contributed by atoms with van der Waals surface area (Å²) >= 11 is 0. The molecule has 2 aromatic rings. The molecule has 0 radical (unpaired) electrons. The Balaban J connectivity index is 0.000000396. The molecular weight excluding hydrogens is 358 g/mol. The molecule has 2 aromatic carbocycles. The molecule has 0 spiro atoms. The molecule has 0 aromatic heterocycles. The quantitative estimate of drug-likeness (QED) is 0.374. The Labute approximate surface area is 177 Å². The first kappa shape index (κ1) is 25.2. The van der Waals surface area contributed by atoms with Crippen LogP contribution >= 0.6 is 0 Å². The summed E-state index contributed by atoms with van der Waals surface area (Å²) in [5, 5.41) is 14.7. The third-order valence-electron chi connectivity index (χ3n) is 5.43. The molecule has 0 heterocycles. The molecular formula is C26H41NO2. The predicted molar refractivity (Wildman–Crippen MR) is 125 cm³/mol. The molecule has 2 N–H and O–H groups in total. The van der Waals surface area contributed by atoms with Gasteiger partial charge in [0.2, 0.25) is 0 Å². The lowest BCUT2D eigenvalue weighted by atomic mass is 10.0. The van der Waals surface area contributed by atoms with Crippen molar-refractivity contribution in [2.75, 3.05) is 6.54 Å². The molecule has 0 saturated heterocycles. The fourth-order valence-electron chi connectivity index (χ4n) is 3.36. The minimum Gasteiger partial charge on any atom is -0.481 e. The van der Waals surface area contributed by atoms with Crippen molar-refractivity contribution in [1.29, 1.82) is 0 Å². The van der Waals surface area contributed by atoms with E-state index in [-0.39, 0.29) is 5.92 Å². The number of rotatable bonds is 12. The van der Waals surface area contributed by atoms with E-state index in [4.69, 9.17) is 5.11 Å². The maximum atomic E-state index is 10.7. The predicted octanol–water partition coefficient (Wildman–Crippen LogP) is 7.11. The number of hydrogen-bond donors (Lipinski definition) is 2. The molecule has 3 heteroatoms. The van der Waals surface area contributed by atoms with Gasteiger partial charge < -0.3 is 10.4 Å². The van der Waals surface area contributed by atoms with Crippen LogP contribution in [0.4, 0.5) is 0 Å². The summed E-state index contributed by atoms with van der Waals surface area (Å²) in [6.07, 6.45) is 10.6. The van der Waals surface area contributed by atoms with Gasteiger partial charge in [0.15, 0.2) is 0 Å². The number of benzene rings is 2. The summed E-state index contributed by atoms with van der Waals surface area (Å²) in [4.78, 5) is 10.7. The number of carboxylic acid groups (broad SMARTS) is 1. The van der Waals surface area contributed by atoms with Crippen molar-refractivity contribution in [3.63, 3.8) is 0 Å². The van der Waals surface area contributed by atoms with Crippen LogP contribution in [0.3, 0.4) is 0 Å². The van der Waals surface area contributed by atoms with E-state index in [2.05, 4.69) is 62.5 Å². The number of aliphatic carboxylic acids is 1. The van der Waals surface area contributed by atoms with Gasteiger partial charge in [-0.1, -0.05) is 102 Å². The number of carbonyl (C=O) groups is 1. The summed E-state index contributed by atoms with van der Waals surface area (Å²) in [6.45, 7) is 9.88. The van der Waals surface area contributed by atoms with Crippen LogP contribution in [-0.4, -0.2) is 17.6 Å². The fourth-order valence-corrected chi connectivity index (χ4v) is 3.36. The van der Waals surface area contributed by atoms with Crippen molar-refractivity contribution in [2.24, 2.45) is 5.92 Å². The minimum atomic E-state index is -0.729. The second-order valence-electron chi connectivity index (χ2n) is 8.06. The Morgan fingerprint density at radius 3 is 2.10 bits per heavy atom. The minimum absolute atomic E-state index is 0.294. The van der Waals surface area contributed by atoms with Gasteiger partial charge >= 0.3 is 5.97 Å². The molecule has 3 nitrogen and oxygen atoms in total. The first-order chi connectivity index (χ1) is 14.0. The number of hydrogen-bond acceptors (Lipinski definition) is 2. The third kappa shape index (κ3) is 9.94. The van der Waals surface area contributed by atoms with E-state index in [0.29, 0.717) is 6.42 Å². The van der Waals surface area contributed by atoms with Gasteiger partial charge in [0.05, 0.1) is 5.92 Å². The molecule has 0 aliphatic carbocycles. The zero-order valence-electron chi connectivity index (χ0n) is 19.0. The van der Waals surface area contributed by atoms with Gasteiger partial charge in [0.25, 0.3) is 0 Å². The molecule has 162 valence electrons. The monoisotopic (exact) mass is 399 g/mol. The molecule has 29 heavy (non-hydrogen) atoms. The summed E-state index contributed by atoms with van der Waals surface area (Å²) in [5.74, 6) is -1.02. The van der Waals surface area contributed by atoms with Crippen LogP contribution in [0.1, 0.15) is 83.3 Å². The van der Waals surface area contributed by atoms with Crippen molar-refractivity contribution in [3.05, 3.63) is 47.5 Å². The van der Waals surface area contributed by atoms with E-state index in [9.17, 15) is 4.79 Å². The second kappa shape index (κ2) is 15.0. The highest BCUT2D eigenvalue weighted by Gasteiger charge is 2.09. The molecule has 0 bridgehead atoms. The molecule has 2 rings (SSSR count). The van der Waals surface area contributed by atoms with Gasteiger partial charge in [-0.05, 0) is 41.8 Å². The molecule has 0 amide bonds. The Morgan fingerprint density at radius 1 is 0.931 bits per heavy atom. The lowest BCUT2D eigenvalue weighted by molar-refractivity contribution is -0.141. The van der Waals surface area contributed by atoms with Crippen LogP contribution in [0.15, 0.2) is 36.4 Å². The zero-order chi connectivity index (χ0) is 21.5. The van der Waals surface area contributed by atoms with Crippen LogP contribution < -0.4 is 5.32 Å². The number of fused-ring (bicyclic) bond motifs is 1. The number of nitrogens with one attached hydrogen (secondary N) is 1. The molecule has 1 unspecified atom stereocenters. The number of carboxylic acids is 1. The lowest BCUT2D eigenvalue weighted by Gasteiger charge is -2.11. The highest BCUT2D eigenvalue weighted by Crippen LogP contribution is 2.22. The average Bonchev–Trinajstić information content (AvgIpc) is 2.73. The first-order valence-corrected chi connectivity index (χ1v) is 11.4. The van der Waals surface area contributed by atoms with Crippen molar-refractivity contribution in [3.8, 4) is 0 Å². The largest absolute Gasteiger partial charge is 0.481 e. The van der Waals surface area contributed by atoms with Crippen molar-refractivity contribution in [2.45, 2.75) is 85.6 Å². The Morgan fingerprint density at radius 2 is 1.52 bits per heavy atom. The van der Waals surface area contributed by atoms with Crippen molar-refractivity contribution < 1.29 is 9.90 Å². The number of unbranched alkanes of at least 4 members (excludes halogenated alkanes) is 6. The molecule has 1 atom stereocenters. The van der Waals surface area contributed by atoms with E-state index in [0.717, 1.165) is 13.1 Å². The summed E-state index contributed by atoms with van der Waals surface area (Å²) in [5.41, 5.74) is 2.54. The van der Waals surface area contributed by atoms with Crippen LogP contribution in [0.5, 0.6) is 0 Å². The highest BCUT2D eigenvalue weighted by molar-refractivity contribution is 5.88.